The highest BCUT2D eigenvalue weighted by atomic mass is 35.5. The van der Waals surface area contributed by atoms with Crippen LogP contribution in [0.1, 0.15) is 25.3 Å². The summed E-state index contributed by atoms with van der Waals surface area (Å²) in [5.74, 6) is -0.243. The maximum absolute atomic E-state index is 11.8. The van der Waals surface area contributed by atoms with Crippen LogP contribution < -0.4 is 11.1 Å². The Hall–Kier alpha value is -0.770. The van der Waals surface area contributed by atoms with Gasteiger partial charge in [-0.1, -0.05) is 23.7 Å². The number of amides is 1. The minimum atomic E-state index is -0.215. The molecule has 0 aliphatic rings. The topological polar surface area (TPSA) is 55.1 Å². The Bertz CT molecular complexity index is 371. The van der Waals surface area contributed by atoms with E-state index in [1.165, 1.54) is 0 Å². The zero-order valence-electron chi connectivity index (χ0n) is 9.94. The van der Waals surface area contributed by atoms with Gasteiger partial charge in [-0.25, -0.2) is 0 Å². The molecule has 0 spiro atoms. The fourth-order valence-corrected chi connectivity index (χ4v) is 1.55. The van der Waals surface area contributed by atoms with E-state index in [1.807, 2.05) is 26.0 Å². The smallest absolute Gasteiger partial charge is 0.227 e. The fourth-order valence-electron chi connectivity index (χ4n) is 1.35. The second kappa shape index (κ2) is 7.54. The van der Waals surface area contributed by atoms with Crippen LogP contribution in [0.4, 0.5) is 0 Å². The third-order valence-electron chi connectivity index (χ3n) is 2.48. The van der Waals surface area contributed by atoms with Gasteiger partial charge in [0.2, 0.25) is 5.91 Å². The highest BCUT2D eigenvalue weighted by Gasteiger charge is 2.16. The van der Waals surface area contributed by atoms with E-state index >= 15 is 0 Å². The second-order valence-electron chi connectivity index (χ2n) is 3.92. The Labute approximate surface area is 113 Å². The predicted octanol–water partition coefficient (Wildman–Crippen LogP) is 2.33. The van der Waals surface area contributed by atoms with Gasteiger partial charge in [-0.05, 0) is 31.5 Å². The van der Waals surface area contributed by atoms with Crippen LogP contribution in [-0.4, -0.2) is 18.5 Å². The molecule has 2 atom stereocenters. The van der Waals surface area contributed by atoms with Gasteiger partial charge in [0.25, 0.3) is 0 Å². The summed E-state index contributed by atoms with van der Waals surface area (Å²) >= 11 is 5.87. The maximum atomic E-state index is 11.8. The predicted molar refractivity (Wildman–Crippen MR) is 73.8 cm³/mol. The monoisotopic (exact) mass is 276 g/mol. The van der Waals surface area contributed by atoms with Gasteiger partial charge in [-0.2, -0.15) is 0 Å². The van der Waals surface area contributed by atoms with Crippen molar-refractivity contribution in [2.24, 2.45) is 5.73 Å². The van der Waals surface area contributed by atoms with Crippen molar-refractivity contribution >= 4 is 29.9 Å². The fraction of sp³-hybridized carbons (Fsp3) is 0.417. The Morgan fingerprint density at radius 3 is 2.65 bits per heavy atom. The van der Waals surface area contributed by atoms with E-state index in [0.29, 0.717) is 11.6 Å². The van der Waals surface area contributed by atoms with Crippen LogP contribution in [0.3, 0.4) is 0 Å². The van der Waals surface area contributed by atoms with Crippen molar-refractivity contribution in [3.05, 3.63) is 34.9 Å². The van der Waals surface area contributed by atoms with Crippen molar-refractivity contribution in [3.63, 3.8) is 0 Å². The first kappa shape index (κ1) is 16.2. The van der Waals surface area contributed by atoms with E-state index in [9.17, 15) is 4.79 Å². The average Bonchev–Trinajstić information content (AvgIpc) is 2.27. The zero-order chi connectivity index (χ0) is 12.1. The Kier molecular flexibility index (Phi) is 7.19. The quantitative estimate of drug-likeness (QED) is 0.887. The summed E-state index contributed by atoms with van der Waals surface area (Å²) in [6, 6.07) is 7.32. The van der Waals surface area contributed by atoms with Crippen molar-refractivity contribution in [3.8, 4) is 0 Å². The SMILES string of the molecule is CC(C(=O)N[C@@H](C)CN)c1cccc(Cl)c1.Cl. The maximum Gasteiger partial charge on any atom is 0.227 e. The second-order valence-corrected chi connectivity index (χ2v) is 4.36. The van der Waals surface area contributed by atoms with Crippen LogP contribution in [0.25, 0.3) is 0 Å². The number of carbonyl (C=O) groups excluding carboxylic acids is 1. The molecule has 0 aliphatic carbocycles. The Balaban J connectivity index is 0.00000256. The van der Waals surface area contributed by atoms with Crippen LogP contribution in [0.5, 0.6) is 0 Å². The molecule has 0 radical (unpaired) electrons. The average molecular weight is 277 g/mol. The lowest BCUT2D eigenvalue weighted by molar-refractivity contribution is -0.122. The summed E-state index contributed by atoms with van der Waals surface area (Å²) in [4.78, 5) is 11.8. The lowest BCUT2D eigenvalue weighted by Crippen LogP contribution is -2.39. The molecule has 1 aromatic carbocycles. The molecule has 1 rings (SSSR count). The molecule has 1 aromatic rings. The minimum absolute atomic E-state index is 0. The van der Waals surface area contributed by atoms with E-state index in [2.05, 4.69) is 5.32 Å². The van der Waals surface area contributed by atoms with E-state index < -0.39 is 0 Å². The van der Waals surface area contributed by atoms with Crippen molar-refractivity contribution in [1.82, 2.24) is 5.32 Å². The van der Waals surface area contributed by atoms with E-state index in [1.54, 1.807) is 12.1 Å². The minimum Gasteiger partial charge on any atom is -0.352 e. The molecule has 3 nitrogen and oxygen atoms in total. The van der Waals surface area contributed by atoms with E-state index in [0.717, 1.165) is 5.56 Å². The first-order valence-electron chi connectivity index (χ1n) is 5.30. The summed E-state index contributed by atoms with van der Waals surface area (Å²) in [7, 11) is 0. The van der Waals surface area contributed by atoms with Crippen LogP contribution in [0.2, 0.25) is 5.02 Å². The third-order valence-corrected chi connectivity index (χ3v) is 2.72. The summed E-state index contributed by atoms with van der Waals surface area (Å²) in [5, 5.41) is 3.48. The first-order valence-corrected chi connectivity index (χ1v) is 5.68. The summed E-state index contributed by atoms with van der Waals surface area (Å²) in [6.45, 7) is 4.17. The lowest BCUT2D eigenvalue weighted by atomic mass is 10.0. The Morgan fingerprint density at radius 1 is 1.47 bits per heavy atom. The van der Waals surface area contributed by atoms with Crippen molar-refractivity contribution in [2.75, 3.05) is 6.54 Å². The number of hydrogen-bond donors (Lipinski definition) is 2. The number of rotatable bonds is 4. The van der Waals surface area contributed by atoms with Crippen LogP contribution >= 0.6 is 24.0 Å². The van der Waals surface area contributed by atoms with Crippen molar-refractivity contribution < 1.29 is 4.79 Å². The van der Waals surface area contributed by atoms with Gasteiger partial charge >= 0.3 is 0 Å². The normalized spacial score (nSPS) is 13.4. The number of benzene rings is 1. The molecule has 3 N–H and O–H groups in total. The van der Waals surface area contributed by atoms with Gasteiger partial charge < -0.3 is 11.1 Å². The highest BCUT2D eigenvalue weighted by molar-refractivity contribution is 6.30. The van der Waals surface area contributed by atoms with Gasteiger partial charge in [0.05, 0.1) is 5.92 Å². The van der Waals surface area contributed by atoms with Crippen molar-refractivity contribution in [2.45, 2.75) is 25.8 Å². The standard InChI is InChI=1S/C12H17ClN2O.ClH/c1-8(7-14)15-12(16)9(2)10-4-3-5-11(13)6-10;/h3-6,8-9H,7,14H2,1-2H3,(H,15,16);1H/t8-,9?;/m0./s1. The van der Waals surface area contributed by atoms with Gasteiger partial charge in [-0.15, -0.1) is 12.4 Å². The third kappa shape index (κ3) is 4.94. The lowest BCUT2D eigenvalue weighted by Gasteiger charge is -2.16. The van der Waals surface area contributed by atoms with Gasteiger partial charge in [-0.3, -0.25) is 4.79 Å². The molecule has 0 saturated heterocycles. The van der Waals surface area contributed by atoms with Crippen LogP contribution in [0.15, 0.2) is 24.3 Å². The number of nitrogens with one attached hydrogen (secondary N) is 1. The van der Waals surface area contributed by atoms with E-state index in [-0.39, 0.29) is 30.3 Å². The molecule has 0 aliphatic heterocycles. The molecule has 1 unspecified atom stereocenters. The molecule has 17 heavy (non-hydrogen) atoms. The number of carbonyl (C=O) groups is 1. The molecule has 1 amide bonds. The summed E-state index contributed by atoms with van der Waals surface area (Å²) in [5.41, 5.74) is 6.36. The molecule has 0 bridgehead atoms. The molecule has 0 heterocycles. The molecule has 96 valence electrons. The van der Waals surface area contributed by atoms with Crippen LogP contribution in [0, 0.1) is 0 Å². The number of nitrogens with two attached hydrogens (primary N) is 1. The molecular formula is C12H18Cl2N2O. The first-order chi connectivity index (χ1) is 7.54. The number of halogens is 2. The molecular weight excluding hydrogens is 259 g/mol. The van der Waals surface area contributed by atoms with Crippen molar-refractivity contribution in [1.29, 1.82) is 0 Å². The molecule has 0 aromatic heterocycles. The van der Waals surface area contributed by atoms with Crippen LogP contribution in [-0.2, 0) is 4.79 Å². The zero-order valence-corrected chi connectivity index (χ0v) is 11.5. The molecule has 5 heteroatoms. The van der Waals surface area contributed by atoms with Gasteiger partial charge in [0.15, 0.2) is 0 Å². The van der Waals surface area contributed by atoms with Gasteiger partial charge in [0, 0.05) is 17.6 Å². The largest absolute Gasteiger partial charge is 0.352 e. The highest BCUT2D eigenvalue weighted by Crippen LogP contribution is 2.19. The summed E-state index contributed by atoms with van der Waals surface area (Å²) in [6.07, 6.45) is 0. The summed E-state index contributed by atoms with van der Waals surface area (Å²) < 4.78 is 0. The number of hydrogen-bond acceptors (Lipinski definition) is 2. The Morgan fingerprint density at radius 2 is 2.12 bits per heavy atom. The van der Waals surface area contributed by atoms with Gasteiger partial charge in [0.1, 0.15) is 0 Å². The molecule has 0 fully saturated rings. The van der Waals surface area contributed by atoms with E-state index in [4.69, 9.17) is 17.3 Å². The molecule has 0 saturated carbocycles.